The Kier molecular flexibility index (Phi) is 6.17. The lowest BCUT2D eigenvalue weighted by atomic mass is 9.92. The lowest BCUT2D eigenvalue weighted by molar-refractivity contribution is -0.116. The van der Waals surface area contributed by atoms with Crippen LogP contribution in [0.3, 0.4) is 0 Å². The predicted molar refractivity (Wildman–Crippen MR) is 112 cm³/mol. The van der Waals surface area contributed by atoms with Crippen molar-refractivity contribution in [3.63, 3.8) is 0 Å². The van der Waals surface area contributed by atoms with E-state index in [1.165, 1.54) is 6.42 Å². The third kappa shape index (κ3) is 4.61. The van der Waals surface area contributed by atoms with Gasteiger partial charge in [-0.2, -0.15) is 0 Å². The summed E-state index contributed by atoms with van der Waals surface area (Å²) >= 11 is 0. The molecule has 2 heterocycles. The molecule has 2 aromatic rings. The van der Waals surface area contributed by atoms with Gasteiger partial charge in [-0.05, 0) is 48.9 Å². The number of rotatable bonds is 6. The number of benzene rings is 1. The zero-order chi connectivity index (χ0) is 20.3. The molecule has 28 heavy (non-hydrogen) atoms. The van der Waals surface area contributed by atoms with Crippen LogP contribution in [0.4, 0.5) is 11.5 Å². The van der Waals surface area contributed by atoms with E-state index in [1.807, 2.05) is 6.92 Å². The van der Waals surface area contributed by atoms with Crippen LogP contribution in [-0.4, -0.2) is 35.1 Å². The zero-order valence-electron chi connectivity index (χ0n) is 16.9. The summed E-state index contributed by atoms with van der Waals surface area (Å²) in [6, 6.07) is 6.95. The first kappa shape index (κ1) is 20.1. The highest BCUT2D eigenvalue weighted by Crippen LogP contribution is 2.30. The van der Waals surface area contributed by atoms with Crippen LogP contribution in [0.2, 0.25) is 0 Å². The van der Waals surface area contributed by atoms with E-state index in [4.69, 9.17) is 4.98 Å². The van der Waals surface area contributed by atoms with Gasteiger partial charge in [-0.1, -0.05) is 27.2 Å². The van der Waals surface area contributed by atoms with Crippen LogP contribution in [0.1, 0.15) is 56.8 Å². The SMILES string of the molecule is CCCCC(=O)Nc1ccc2nc(N3C[C@H](C)C[C@@H](C)C3)cc(C(=O)O)c2c1. The van der Waals surface area contributed by atoms with Crippen LogP contribution in [0.25, 0.3) is 10.9 Å². The van der Waals surface area contributed by atoms with Crippen molar-refractivity contribution >= 4 is 34.3 Å². The molecule has 1 fully saturated rings. The van der Waals surface area contributed by atoms with E-state index in [2.05, 4.69) is 24.1 Å². The van der Waals surface area contributed by atoms with Crippen molar-refractivity contribution in [1.29, 1.82) is 0 Å². The van der Waals surface area contributed by atoms with Gasteiger partial charge in [0.05, 0.1) is 11.1 Å². The van der Waals surface area contributed by atoms with Crippen molar-refractivity contribution in [2.24, 2.45) is 11.8 Å². The second kappa shape index (κ2) is 8.59. The van der Waals surface area contributed by atoms with Gasteiger partial charge < -0.3 is 15.3 Å². The molecule has 0 unspecified atom stereocenters. The number of fused-ring (bicyclic) bond motifs is 1. The summed E-state index contributed by atoms with van der Waals surface area (Å²) in [5.41, 5.74) is 1.45. The third-order valence-corrected chi connectivity index (χ3v) is 5.26. The van der Waals surface area contributed by atoms with Crippen LogP contribution in [0.15, 0.2) is 24.3 Å². The first-order chi connectivity index (χ1) is 13.4. The van der Waals surface area contributed by atoms with Crippen molar-refractivity contribution in [2.45, 2.75) is 46.5 Å². The largest absolute Gasteiger partial charge is 0.478 e. The maximum atomic E-state index is 12.0. The number of unbranched alkanes of at least 4 members (excludes halogenated alkanes) is 1. The predicted octanol–water partition coefficient (Wildman–Crippen LogP) is 4.54. The molecule has 0 radical (unpaired) electrons. The number of carbonyl (C=O) groups excluding carboxylic acids is 1. The van der Waals surface area contributed by atoms with Crippen molar-refractivity contribution in [2.75, 3.05) is 23.3 Å². The quantitative estimate of drug-likeness (QED) is 0.765. The van der Waals surface area contributed by atoms with E-state index in [0.717, 1.165) is 25.9 Å². The number of hydrogen-bond donors (Lipinski definition) is 2. The summed E-state index contributed by atoms with van der Waals surface area (Å²) < 4.78 is 0. The Morgan fingerprint density at radius 2 is 1.93 bits per heavy atom. The van der Waals surface area contributed by atoms with Gasteiger partial charge >= 0.3 is 5.97 Å². The molecule has 150 valence electrons. The maximum Gasteiger partial charge on any atom is 0.336 e. The van der Waals surface area contributed by atoms with E-state index < -0.39 is 5.97 Å². The lowest BCUT2D eigenvalue weighted by Gasteiger charge is -2.36. The summed E-state index contributed by atoms with van der Waals surface area (Å²) in [6.45, 7) is 8.24. The van der Waals surface area contributed by atoms with E-state index in [9.17, 15) is 14.7 Å². The molecule has 0 spiro atoms. The average Bonchev–Trinajstić information content (AvgIpc) is 2.64. The fourth-order valence-electron chi connectivity index (χ4n) is 4.04. The molecule has 1 aliphatic rings. The number of carboxylic acids is 1. The van der Waals surface area contributed by atoms with E-state index in [-0.39, 0.29) is 11.5 Å². The molecule has 1 aromatic carbocycles. The highest BCUT2D eigenvalue weighted by molar-refractivity contribution is 6.05. The Bertz CT molecular complexity index is 871. The number of hydrogen-bond acceptors (Lipinski definition) is 4. The molecular weight excluding hydrogens is 354 g/mol. The normalized spacial score (nSPS) is 19.6. The van der Waals surface area contributed by atoms with Crippen molar-refractivity contribution < 1.29 is 14.7 Å². The Labute approximate surface area is 165 Å². The van der Waals surface area contributed by atoms with Gasteiger partial charge in [0.2, 0.25) is 5.91 Å². The first-order valence-corrected chi connectivity index (χ1v) is 10.1. The molecule has 0 bridgehead atoms. The summed E-state index contributed by atoms with van der Waals surface area (Å²) in [5, 5.41) is 13.2. The first-order valence-electron chi connectivity index (χ1n) is 10.1. The van der Waals surface area contributed by atoms with Crippen LogP contribution in [0, 0.1) is 11.8 Å². The molecule has 6 nitrogen and oxygen atoms in total. The van der Waals surface area contributed by atoms with Crippen molar-refractivity contribution in [3.05, 3.63) is 29.8 Å². The number of anilines is 2. The molecule has 1 aliphatic heterocycles. The number of nitrogens with one attached hydrogen (secondary N) is 1. The van der Waals surface area contributed by atoms with Gasteiger partial charge in [-0.3, -0.25) is 4.79 Å². The molecule has 1 aromatic heterocycles. The number of pyridine rings is 1. The summed E-state index contributed by atoms with van der Waals surface area (Å²) in [4.78, 5) is 30.8. The molecular formula is C22H29N3O3. The van der Waals surface area contributed by atoms with Crippen LogP contribution >= 0.6 is 0 Å². The molecule has 6 heteroatoms. The molecule has 3 rings (SSSR count). The van der Waals surface area contributed by atoms with Gasteiger partial charge in [0.1, 0.15) is 5.82 Å². The van der Waals surface area contributed by atoms with Gasteiger partial charge in [0.25, 0.3) is 0 Å². The molecule has 2 atom stereocenters. The lowest BCUT2D eigenvalue weighted by Crippen LogP contribution is -2.39. The number of piperidine rings is 1. The van der Waals surface area contributed by atoms with Gasteiger partial charge in [0, 0.05) is 30.6 Å². The Hall–Kier alpha value is -2.63. The minimum absolute atomic E-state index is 0.0565. The number of amides is 1. The maximum absolute atomic E-state index is 12.0. The fraction of sp³-hybridized carbons (Fsp3) is 0.500. The number of nitrogens with zero attached hydrogens (tertiary/aromatic N) is 2. The molecule has 1 amide bonds. The number of carboxylic acid groups (broad SMARTS) is 1. The molecule has 0 aliphatic carbocycles. The number of aromatic nitrogens is 1. The summed E-state index contributed by atoms with van der Waals surface area (Å²) in [6.07, 6.45) is 3.42. The van der Waals surface area contributed by atoms with E-state index in [0.29, 0.717) is 40.7 Å². The minimum atomic E-state index is -0.985. The monoisotopic (exact) mass is 383 g/mol. The van der Waals surface area contributed by atoms with Crippen LogP contribution < -0.4 is 10.2 Å². The zero-order valence-corrected chi connectivity index (χ0v) is 16.9. The van der Waals surface area contributed by atoms with Gasteiger partial charge in [-0.15, -0.1) is 0 Å². The van der Waals surface area contributed by atoms with Gasteiger partial charge in [-0.25, -0.2) is 9.78 Å². The van der Waals surface area contributed by atoms with E-state index in [1.54, 1.807) is 24.3 Å². The van der Waals surface area contributed by atoms with Crippen LogP contribution in [0.5, 0.6) is 0 Å². The Balaban J connectivity index is 1.94. The Morgan fingerprint density at radius 1 is 1.21 bits per heavy atom. The number of aromatic carboxylic acids is 1. The minimum Gasteiger partial charge on any atom is -0.478 e. The van der Waals surface area contributed by atoms with Crippen molar-refractivity contribution in [3.8, 4) is 0 Å². The molecule has 2 N–H and O–H groups in total. The van der Waals surface area contributed by atoms with Gasteiger partial charge in [0.15, 0.2) is 0 Å². The average molecular weight is 383 g/mol. The smallest absolute Gasteiger partial charge is 0.336 e. The second-order valence-corrected chi connectivity index (χ2v) is 8.07. The van der Waals surface area contributed by atoms with Crippen molar-refractivity contribution in [1.82, 2.24) is 4.98 Å². The topological polar surface area (TPSA) is 82.5 Å². The third-order valence-electron chi connectivity index (χ3n) is 5.26. The van der Waals surface area contributed by atoms with Crippen LogP contribution in [-0.2, 0) is 4.79 Å². The second-order valence-electron chi connectivity index (χ2n) is 8.07. The Morgan fingerprint density at radius 3 is 2.57 bits per heavy atom. The van der Waals surface area contributed by atoms with E-state index >= 15 is 0 Å². The fourth-order valence-corrected chi connectivity index (χ4v) is 4.04. The molecule has 1 saturated heterocycles. The standard InChI is InChI=1S/C22H29N3O3/c1-4-5-6-21(26)23-16-7-8-19-17(10-16)18(22(27)28)11-20(24-19)25-12-14(2)9-15(3)13-25/h7-8,10-11,14-15H,4-6,9,12-13H2,1-3H3,(H,23,26)(H,27,28)/t14-,15-/m1/s1. The highest BCUT2D eigenvalue weighted by atomic mass is 16.4. The summed E-state index contributed by atoms with van der Waals surface area (Å²) in [7, 11) is 0. The highest BCUT2D eigenvalue weighted by Gasteiger charge is 2.24. The summed E-state index contributed by atoms with van der Waals surface area (Å²) in [5.74, 6) is 0.772. The number of carbonyl (C=O) groups is 2. The molecule has 0 saturated carbocycles.